The van der Waals surface area contributed by atoms with Gasteiger partial charge in [0.05, 0.1) is 7.11 Å². The summed E-state index contributed by atoms with van der Waals surface area (Å²) in [6.45, 7) is 0. The number of carbonyl (C=O) groups is 1. The Bertz CT molecular complexity index is 828. The average Bonchev–Trinajstić information content (AvgIpc) is 2.62. The molecule has 1 aliphatic carbocycles. The van der Waals surface area contributed by atoms with Gasteiger partial charge >= 0.3 is 0 Å². The molecule has 25 heavy (non-hydrogen) atoms. The molecule has 0 spiro atoms. The van der Waals surface area contributed by atoms with Crippen molar-refractivity contribution in [1.82, 2.24) is 0 Å². The van der Waals surface area contributed by atoms with E-state index >= 15 is 0 Å². The van der Waals surface area contributed by atoms with Gasteiger partial charge in [0.1, 0.15) is 5.75 Å². The van der Waals surface area contributed by atoms with E-state index in [1.165, 1.54) is 0 Å². The summed E-state index contributed by atoms with van der Waals surface area (Å²) in [5.41, 5.74) is 3.26. The second-order valence-electron chi connectivity index (χ2n) is 5.93. The second kappa shape index (κ2) is 7.90. The second-order valence-corrected chi connectivity index (χ2v) is 6.74. The van der Waals surface area contributed by atoms with E-state index in [0.29, 0.717) is 15.6 Å². The fourth-order valence-corrected chi connectivity index (χ4v) is 3.41. The lowest BCUT2D eigenvalue weighted by Crippen LogP contribution is -2.12. The molecule has 0 amide bonds. The third-order valence-electron chi connectivity index (χ3n) is 4.25. The highest BCUT2D eigenvalue weighted by Gasteiger charge is 2.21. The van der Waals surface area contributed by atoms with E-state index < -0.39 is 0 Å². The van der Waals surface area contributed by atoms with E-state index in [0.717, 1.165) is 41.7 Å². The molecule has 0 radical (unpaired) electrons. The van der Waals surface area contributed by atoms with Gasteiger partial charge in [0.2, 0.25) is 0 Å². The highest BCUT2D eigenvalue weighted by molar-refractivity contribution is 6.37. The summed E-state index contributed by atoms with van der Waals surface area (Å²) in [4.78, 5) is 12.8. The van der Waals surface area contributed by atoms with Crippen LogP contribution in [0.1, 0.15) is 30.4 Å². The normalized spacial score (nSPS) is 18.0. The molecule has 2 nitrogen and oxygen atoms in total. The first-order valence-electron chi connectivity index (χ1n) is 8.12. The van der Waals surface area contributed by atoms with Crippen LogP contribution in [-0.2, 0) is 4.79 Å². The van der Waals surface area contributed by atoms with Crippen LogP contribution in [0.4, 0.5) is 0 Å². The van der Waals surface area contributed by atoms with Crippen LogP contribution < -0.4 is 4.74 Å². The molecule has 0 bridgehead atoms. The number of halogens is 2. The van der Waals surface area contributed by atoms with Crippen molar-refractivity contribution < 1.29 is 9.53 Å². The molecule has 0 heterocycles. The van der Waals surface area contributed by atoms with Crippen LogP contribution in [-0.4, -0.2) is 12.9 Å². The van der Waals surface area contributed by atoms with Crippen molar-refractivity contribution >= 4 is 41.1 Å². The molecule has 0 N–H and O–H groups in total. The zero-order valence-corrected chi connectivity index (χ0v) is 15.4. The van der Waals surface area contributed by atoms with Gasteiger partial charge in [-0.25, -0.2) is 0 Å². The summed E-state index contributed by atoms with van der Waals surface area (Å²) in [7, 11) is 1.63. The van der Waals surface area contributed by atoms with Crippen molar-refractivity contribution in [1.29, 1.82) is 0 Å². The molecule has 128 valence electrons. The van der Waals surface area contributed by atoms with Gasteiger partial charge in [-0.1, -0.05) is 41.4 Å². The first-order valence-corrected chi connectivity index (χ1v) is 8.88. The lowest BCUT2D eigenvalue weighted by atomic mass is 9.87. The molecule has 3 rings (SSSR count). The maximum absolute atomic E-state index is 12.8. The molecule has 1 saturated carbocycles. The van der Waals surface area contributed by atoms with Crippen LogP contribution in [0.2, 0.25) is 10.0 Å². The first-order chi connectivity index (χ1) is 12.1. The van der Waals surface area contributed by atoms with Crippen molar-refractivity contribution in [2.45, 2.75) is 19.3 Å². The van der Waals surface area contributed by atoms with E-state index in [1.54, 1.807) is 25.3 Å². The van der Waals surface area contributed by atoms with Crippen molar-refractivity contribution in [2.24, 2.45) is 0 Å². The van der Waals surface area contributed by atoms with Crippen molar-refractivity contribution in [3.05, 3.63) is 74.8 Å². The molecule has 0 aliphatic heterocycles. The molecule has 1 aliphatic rings. The third-order valence-corrected chi connectivity index (χ3v) is 4.91. The molecular formula is C21H18Cl2O2. The summed E-state index contributed by atoms with van der Waals surface area (Å²) in [6.07, 6.45) is 6.22. The Kier molecular flexibility index (Phi) is 5.62. The van der Waals surface area contributed by atoms with Gasteiger partial charge in [-0.3, -0.25) is 4.79 Å². The zero-order valence-electron chi connectivity index (χ0n) is 13.9. The Morgan fingerprint density at radius 3 is 2.12 bits per heavy atom. The number of ether oxygens (including phenoxy) is 1. The van der Waals surface area contributed by atoms with Crippen molar-refractivity contribution in [3.63, 3.8) is 0 Å². The van der Waals surface area contributed by atoms with Gasteiger partial charge in [-0.15, -0.1) is 0 Å². The topological polar surface area (TPSA) is 26.3 Å². The molecule has 0 saturated heterocycles. The van der Waals surface area contributed by atoms with Crippen LogP contribution in [0.25, 0.3) is 12.2 Å². The Morgan fingerprint density at radius 1 is 0.920 bits per heavy atom. The number of hydrogen-bond donors (Lipinski definition) is 0. The lowest BCUT2D eigenvalue weighted by molar-refractivity contribution is -0.112. The van der Waals surface area contributed by atoms with E-state index in [-0.39, 0.29) is 5.78 Å². The summed E-state index contributed by atoms with van der Waals surface area (Å²) in [6, 6.07) is 13.0. The summed E-state index contributed by atoms with van der Waals surface area (Å²) >= 11 is 12.4. The Balaban J connectivity index is 1.90. The van der Waals surface area contributed by atoms with E-state index in [1.807, 2.05) is 36.4 Å². The number of ketones is 1. The smallest absolute Gasteiger partial charge is 0.185 e. The van der Waals surface area contributed by atoms with Crippen LogP contribution in [0.5, 0.6) is 5.75 Å². The Labute approximate surface area is 157 Å². The molecular weight excluding hydrogens is 355 g/mol. The quantitative estimate of drug-likeness (QED) is 0.597. The predicted molar refractivity (Wildman–Crippen MR) is 104 cm³/mol. The number of carbonyl (C=O) groups excluding carboxylic acids is 1. The van der Waals surface area contributed by atoms with Crippen LogP contribution in [0.3, 0.4) is 0 Å². The average molecular weight is 373 g/mol. The molecule has 0 aromatic heterocycles. The first kappa shape index (κ1) is 17.8. The van der Waals surface area contributed by atoms with Gasteiger partial charge in [-0.05, 0) is 61.2 Å². The molecule has 4 heteroatoms. The predicted octanol–water partition coefficient (Wildman–Crippen LogP) is 6.22. The fraction of sp³-hybridized carbons (Fsp3) is 0.190. The van der Waals surface area contributed by atoms with E-state index in [9.17, 15) is 4.79 Å². The van der Waals surface area contributed by atoms with E-state index in [4.69, 9.17) is 27.9 Å². The summed E-state index contributed by atoms with van der Waals surface area (Å²) in [5.74, 6) is 0.865. The number of Topliss-reactive ketones (excluding diaryl/α,β-unsaturated/α-hetero) is 1. The van der Waals surface area contributed by atoms with Crippen LogP contribution in [0.15, 0.2) is 53.6 Å². The SMILES string of the molecule is COc1ccc(/C=C2\CCC/C(=C\c3c(Cl)cccc3Cl)C2=O)cc1. The van der Waals surface area contributed by atoms with Gasteiger partial charge in [-0.2, -0.15) is 0 Å². The van der Waals surface area contributed by atoms with Gasteiger partial charge in [0.25, 0.3) is 0 Å². The zero-order chi connectivity index (χ0) is 17.8. The highest BCUT2D eigenvalue weighted by atomic mass is 35.5. The number of hydrogen-bond acceptors (Lipinski definition) is 2. The monoisotopic (exact) mass is 372 g/mol. The summed E-state index contributed by atoms with van der Waals surface area (Å²) in [5, 5.41) is 1.11. The Morgan fingerprint density at radius 2 is 1.52 bits per heavy atom. The third kappa shape index (κ3) is 4.15. The maximum atomic E-state index is 12.8. The minimum atomic E-state index is 0.0676. The van der Waals surface area contributed by atoms with Crippen LogP contribution in [0, 0.1) is 0 Å². The summed E-state index contributed by atoms with van der Waals surface area (Å²) < 4.78 is 5.16. The molecule has 0 atom stereocenters. The van der Waals surface area contributed by atoms with Crippen molar-refractivity contribution in [3.8, 4) is 5.75 Å². The number of rotatable bonds is 3. The van der Waals surface area contributed by atoms with Gasteiger partial charge in [0, 0.05) is 26.8 Å². The fourth-order valence-electron chi connectivity index (χ4n) is 2.90. The van der Waals surface area contributed by atoms with Crippen molar-refractivity contribution in [2.75, 3.05) is 7.11 Å². The minimum absolute atomic E-state index is 0.0676. The Hall–Kier alpha value is -2.03. The molecule has 2 aromatic rings. The van der Waals surface area contributed by atoms with E-state index in [2.05, 4.69) is 0 Å². The lowest BCUT2D eigenvalue weighted by Gasteiger charge is -2.17. The maximum Gasteiger partial charge on any atom is 0.185 e. The number of methoxy groups -OCH3 is 1. The standard InChI is InChI=1S/C21H18Cl2O2/c1-25-17-10-8-14(9-11-17)12-15-4-2-5-16(21(15)24)13-18-19(22)6-3-7-20(18)23/h3,6-13H,2,4-5H2,1H3/b15-12+,16-13+. The largest absolute Gasteiger partial charge is 0.497 e. The minimum Gasteiger partial charge on any atom is -0.497 e. The highest BCUT2D eigenvalue weighted by Crippen LogP contribution is 2.32. The van der Waals surface area contributed by atoms with Gasteiger partial charge < -0.3 is 4.74 Å². The number of allylic oxidation sites excluding steroid dienone is 2. The van der Waals surface area contributed by atoms with Crippen LogP contribution >= 0.6 is 23.2 Å². The number of benzene rings is 2. The molecule has 2 aromatic carbocycles. The molecule has 1 fully saturated rings. The molecule has 0 unspecified atom stereocenters. The van der Waals surface area contributed by atoms with Gasteiger partial charge in [0.15, 0.2) is 5.78 Å².